The predicted molar refractivity (Wildman–Crippen MR) is 82.8 cm³/mol. The van der Waals surface area contributed by atoms with Crippen molar-refractivity contribution in [3.8, 4) is 0 Å². The van der Waals surface area contributed by atoms with Crippen LogP contribution in [0.5, 0.6) is 0 Å². The molecule has 0 spiro atoms. The number of hydrogen-bond acceptors (Lipinski definition) is 2. The Morgan fingerprint density at radius 3 is 2.29 bits per heavy atom. The summed E-state index contributed by atoms with van der Waals surface area (Å²) >= 11 is 0. The highest BCUT2D eigenvalue weighted by atomic mass is 16.2. The molecule has 0 unspecified atom stereocenters. The Bertz CT molecular complexity index is 606. The first-order valence-electron chi connectivity index (χ1n) is 8.11. The van der Waals surface area contributed by atoms with Crippen LogP contribution < -0.4 is 5.56 Å². The van der Waals surface area contributed by atoms with Gasteiger partial charge in [0.25, 0.3) is 11.5 Å². The summed E-state index contributed by atoms with van der Waals surface area (Å²) < 4.78 is 1.83. The summed E-state index contributed by atoms with van der Waals surface area (Å²) in [6, 6.07) is 2.30. The Morgan fingerprint density at radius 1 is 1.10 bits per heavy atom. The van der Waals surface area contributed by atoms with Crippen molar-refractivity contribution in [2.45, 2.75) is 58.4 Å². The van der Waals surface area contributed by atoms with E-state index in [9.17, 15) is 9.59 Å². The van der Waals surface area contributed by atoms with E-state index in [2.05, 4.69) is 0 Å². The van der Waals surface area contributed by atoms with Crippen molar-refractivity contribution >= 4 is 5.91 Å². The summed E-state index contributed by atoms with van der Waals surface area (Å²) in [5.41, 5.74) is 2.12. The Kier molecular flexibility index (Phi) is 3.87. The van der Waals surface area contributed by atoms with E-state index in [-0.39, 0.29) is 11.5 Å². The number of nitrogens with zero attached hydrogens (tertiary/aromatic N) is 2. The highest BCUT2D eigenvalue weighted by Gasteiger charge is 2.30. The van der Waals surface area contributed by atoms with E-state index in [4.69, 9.17) is 0 Å². The Labute approximate surface area is 125 Å². The van der Waals surface area contributed by atoms with Crippen LogP contribution in [0.4, 0.5) is 0 Å². The summed E-state index contributed by atoms with van der Waals surface area (Å²) in [6.45, 7) is 5.42. The van der Waals surface area contributed by atoms with Gasteiger partial charge < -0.3 is 9.47 Å². The minimum Gasteiger partial charge on any atom is -0.338 e. The van der Waals surface area contributed by atoms with Crippen LogP contribution in [0.3, 0.4) is 0 Å². The number of pyridine rings is 1. The predicted octanol–water partition coefficient (Wildman–Crippen LogP) is 2.82. The lowest BCUT2D eigenvalue weighted by atomic mass is 10.1. The summed E-state index contributed by atoms with van der Waals surface area (Å²) in [6.07, 6.45) is 6.58. The highest BCUT2D eigenvalue weighted by molar-refractivity contribution is 5.95. The molecule has 2 fully saturated rings. The number of carbonyl (C=O) groups is 1. The van der Waals surface area contributed by atoms with Gasteiger partial charge in [-0.2, -0.15) is 0 Å². The van der Waals surface area contributed by atoms with Crippen LogP contribution in [0.25, 0.3) is 0 Å². The molecule has 1 saturated carbocycles. The van der Waals surface area contributed by atoms with Gasteiger partial charge in [0.2, 0.25) is 0 Å². The topological polar surface area (TPSA) is 42.3 Å². The molecule has 3 rings (SSSR count). The van der Waals surface area contributed by atoms with Gasteiger partial charge >= 0.3 is 0 Å². The molecule has 2 aliphatic rings. The van der Waals surface area contributed by atoms with Crippen LogP contribution in [0.1, 0.15) is 66.2 Å². The molecule has 1 aromatic heterocycles. The normalized spacial score (nSPS) is 19.4. The second kappa shape index (κ2) is 5.66. The second-order valence-electron chi connectivity index (χ2n) is 6.46. The van der Waals surface area contributed by atoms with Crippen molar-refractivity contribution in [2.75, 3.05) is 13.1 Å². The molecule has 1 aliphatic heterocycles. The number of carbonyl (C=O) groups excluding carboxylic acids is 1. The molecule has 2 heterocycles. The zero-order chi connectivity index (χ0) is 15.0. The molecule has 1 aliphatic carbocycles. The van der Waals surface area contributed by atoms with Gasteiger partial charge in [-0.15, -0.1) is 0 Å². The first kappa shape index (κ1) is 14.4. The van der Waals surface area contributed by atoms with Gasteiger partial charge in [0, 0.05) is 24.8 Å². The first-order chi connectivity index (χ1) is 10.1. The Balaban J connectivity index is 1.99. The van der Waals surface area contributed by atoms with Gasteiger partial charge in [0.15, 0.2) is 0 Å². The van der Waals surface area contributed by atoms with E-state index >= 15 is 0 Å². The summed E-state index contributed by atoms with van der Waals surface area (Å²) in [5, 5.41) is 0. The fourth-order valence-electron chi connectivity index (χ4n) is 3.38. The molecule has 1 aromatic rings. The smallest absolute Gasteiger partial charge is 0.264 e. The maximum atomic E-state index is 12.8. The van der Waals surface area contributed by atoms with Crippen molar-refractivity contribution in [1.82, 2.24) is 9.47 Å². The lowest BCUT2D eigenvalue weighted by Crippen LogP contribution is -2.38. The molecule has 1 amide bonds. The number of aryl methyl sites for hydroxylation is 2. The van der Waals surface area contributed by atoms with Gasteiger partial charge in [-0.25, -0.2) is 0 Å². The van der Waals surface area contributed by atoms with Crippen molar-refractivity contribution in [2.24, 2.45) is 0 Å². The minimum atomic E-state index is -0.0794. The first-order valence-corrected chi connectivity index (χ1v) is 8.11. The Morgan fingerprint density at radius 2 is 1.71 bits per heavy atom. The van der Waals surface area contributed by atoms with Crippen LogP contribution in [0, 0.1) is 13.8 Å². The lowest BCUT2D eigenvalue weighted by Gasteiger charge is -2.22. The van der Waals surface area contributed by atoms with Crippen molar-refractivity contribution in [1.29, 1.82) is 0 Å². The fraction of sp³-hybridized carbons (Fsp3) is 0.647. The molecule has 0 atom stereocenters. The molecular weight excluding hydrogens is 264 g/mol. The third-order valence-corrected chi connectivity index (χ3v) is 4.65. The molecule has 0 N–H and O–H groups in total. The monoisotopic (exact) mass is 288 g/mol. The summed E-state index contributed by atoms with van der Waals surface area (Å²) in [4.78, 5) is 27.5. The zero-order valence-corrected chi connectivity index (χ0v) is 13.0. The standard InChI is InChI=1S/C17H24N2O2/c1-12-11-13(2)19(14-7-8-14)17(21)15(12)16(20)18-9-5-3-4-6-10-18/h11,14H,3-10H2,1-2H3. The van der Waals surface area contributed by atoms with Crippen LogP contribution in [0.15, 0.2) is 10.9 Å². The molecular formula is C17H24N2O2. The zero-order valence-electron chi connectivity index (χ0n) is 13.0. The maximum Gasteiger partial charge on any atom is 0.264 e. The van der Waals surface area contributed by atoms with E-state index in [0.717, 1.165) is 50.0 Å². The molecule has 114 valence electrons. The average molecular weight is 288 g/mol. The maximum absolute atomic E-state index is 12.8. The van der Waals surface area contributed by atoms with Gasteiger partial charge in [0.1, 0.15) is 5.56 Å². The average Bonchev–Trinajstić information content (AvgIpc) is 3.24. The minimum absolute atomic E-state index is 0.0613. The molecule has 0 radical (unpaired) electrons. The van der Waals surface area contributed by atoms with E-state index in [0.29, 0.717) is 11.6 Å². The molecule has 0 bridgehead atoms. The van der Waals surface area contributed by atoms with Gasteiger partial charge in [0.05, 0.1) is 0 Å². The number of aromatic nitrogens is 1. The van der Waals surface area contributed by atoms with E-state index < -0.39 is 0 Å². The third kappa shape index (κ3) is 2.76. The molecule has 0 aromatic carbocycles. The quantitative estimate of drug-likeness (QED) is 0.840. The lowest BCUT2D eigenvalue weighted by molar-refractivity contribution is 0.0758. The summed E-state index contributed by atoms with van der Waals surface area (Å²) in [7, 11) is 0. The van der Waals surface area contributed by atoms with E-state index in [1.807, 2.05) is 29.4 Å². The van der Waals surface area contributed by atoms with Crippen molar-refractivity contribution < 1.29 is 4.79 Å². The summed E-state index contributed by atoms with van der Waals surface area (Å²) in [5.74, 6) is -0.0613. The SMILES string of the molecule is Cc1cc(C)n(C2CC2)c(=O)c1C(=O)N1CCCCCC1. The number of likely N-dealkylation sites (tertiary alicyclic amines) is 1. The molecule has 4 nitrogen and oxygen atoms in total. The van der Waals surface area contributed by atoms with Gasteiger partial charge in [-0.3, -0.25) is 9.59 Å². The fourth-order valence-corrected chi connectivity index (χ4v) is 3.38. The molecule has 4 heteroatoms. The number of rotatable bonds is 2. The van der Waals surface area contributed by atoms with Gasteiger partial charge in [-0.1, -0.05) is 12.8 Å². The van der Waals surface area contributed by atoms with Crippen LogP contribution in [-0.2, 0) is 0 Å². The van der Waals surface area contributed by atoms with E-state index in [1.165, 1.54) is 12.8 Å². The van der Waals surface area contributed by atoms with Gasteiger partial charge in [-0.05, 0) is 51.2 Å². The van der Waals surface area contributed by atoms with E-state index in [1.54, 1.807) is 0 Å². The molecule has 21 heavy (non-hydrogen) atoms. The van der Waals surface area contributed by atoms with Crippen molar-refractivity contribution in [3.63, 3.8) is 0 Å². The molecule has 1 saturated heterocycles. The number of hydrogen-bond donors (Lipinski definition) is 0. The highest BCUT2D eigenvalue weighted by Crippen LogP contribution is 2.34. The van der Waals surface area contributed by atoms with Crippen molar-refractivity contribution in [3.05, 3.63) is 33.2 Å². The second-order valence-corrected chi connectivity index (χ2v) is 6.46. The van der Waals surface area contributed by atoms with Crippen LogP contribution in [-0.4, -0.2) is 28.5 Å². The van der Waals surface area contributed by atoms with Crippen LogP contribution >= 0.6 is 0 Å². The third-order valence-electron chi connectivity index (χ3n) is 4.65. The number of amides is 1. The van der Waals surface area contributed by atoms with Crippen LogP contribution in [0.2, 0.25) is 0 Å². The Hall–Kier alpha value is -1.58. The largest absolute Gasteiger partial charge is 0.338 e.